The standard InChI is InChI=1S/C18H17N3O4S.C17H14N4O3S/c1-24-12-8-6-11(7-9-12)13(22)10-19-17(23)21-18-20-16-14(25-2)4-3-5-15(16)26-18;1-22-11-8-6-10(7-9-11)15-20-21-16(24-15)19-17-18-14-12(23-2)4-3-5-13(14)25-17/h3-9H,10H2,1-2H3,(H2,19,20,21,23);3-9H,1-2H3,(H,18,19,21). The lowest BCUT2D eigenvalue weighted by atomic mass is 10.1. The molecule has 0 saturated carbocycles. The number of carbonyl (C=O) groups is 2. The minimum Gasteiger partial charge on any atom is -0.497 e. The van der Waals surface area contributed by atoms with Crippen molar-refractivity contribution in [3.8, 4) is 34.5 Å². The van der Waals surface area contributed by atoms with Crippen molar-refractivity contribution in [3.05, 3.63) is 90.5 Å². The van der Waals surface area contributed by atoms with Crippen LogP contribution in [-0.4, -0.2) is 67.0 Å². The lowest BCUT2D eigenvalue weighted by Gasteiger charge is -2.05. The van der Waals surface area contributed by atoms with Gasteiger partial charge in [0.15, 0.2) is 16.0 Å². The van der Waals surface area contributed by atoms with Crippen LogP contribution >= 0.6 is 22.7 Å². The SMILES string of the molecule is COc1ccc(-c2nnc(Nc3nc4c(OC)cccc4s3)o2)cc1.COc1ccc(C(=O)CNC(=O)Nc2nc3c(OC)cccc3s2)cc1. The summed E-state index contributed by atoms with van der Waals surface area (Å²) in [6, 6.07) is 25.2. The van der Waals surface area contributed by atoms with Gasteiger partial charge in [0.2, 0.25) is 5.89 Å². The van der Waals surface area contributed by atoms with E-state index >= 15 is 0 Å². The number of carbonyl (C=O) groups excluding carboxylic acids is 2. The molecule has 14 nitrogen and oxygen atoms in total. The summed E-state index contributed by atoms with van der Waals surface area (Å²) in [5, 5.41) is 17.4. The molecule has 0 bridgehead atoms. The molecule has 3 heterocycles. The number of nitrogens with one attached hydrogen (secondary N) is 3. The molecule has 0 radical (unpaired) electrons. The number of fused-ring (bicyclic) bond motifs is 2. The monoisotopic (exact) mass is 725 g/mol. The van der Waals surface area contributed by atoms with E-state index in [0.717, 1.165) is 32.0 Å². The molecule has 0 atom stereocenters. The topological polar surface area (TPSA) is 172 Å². The Labute approximate surface area is 299 Å². The van der Waals surface area contributed by atoms with Gasteiger partial charge in [0, 0.05) is 11.1 Å². The molecule has 260 valence electrons. The molecule has 0 spiro atoms. The van der Waals surface area contributed by atoms with Crippen molar-refractivity contribution >= 4 is 71.2 Å². The van der Waals surface area contributed by atoms with Crippen molar-refractivity contribution in [3.63, 3.8) is 0 Å². The Balaban J connectivity index is 0.000000176. The number of benzene rings is 4. The number of thiazole rings is 2. The highest BCUT2D eigenvalue weighted by atomic mass is 32.1. The maximum atomic E-state index is 12.1. The van der Waals surface area contributed by atoms with Gasteiger partial charge in [-0.3, -0.25) is 15.4 Å². The number of ketones is 1. The number of ether oxygens (including phenoxy) is 4. The molecule has 16 heteroatoms. The maximum Gasteiger partial charge on any atom is 0.322 e. The van der Waals surface area contributed by atoms with Gasteiger partial charge in [-0.1, -0.05) is 39.9 Å². The van der Waals surface area contributed by atoms with E-state index < -0.39 is 6.03 Å². The van der Waals surface area contributed by atoms with Crippen LogP contribution in [0.25, 0.3) is 31.9 Å². The lowest BCUT2D eigenvalue weighted by molar-refractivity contribution is 0.0993. The second kappa shape index (κ2) is 16.0. The fraction of sp³-hybridized carbons (Fsp3) is 0.143. The van der Waals surface area contributed by atoms with Crippen LogP contribution in [0.15, 0.2) is 89.3 Å². The van der Waals surface area contributed by atoms with Crippen LogP contribution in [0.1, 0.15) is 10.4 Å². The number of aromatic nitrogens is 4. The summed E-state index contributed by atoms with van der Waals surface area (Å²) < 4.78 is 28.3. The van der Waals surface area contributed by atoms with Crippen molar-refractivity contribution in [1.82, 2.24) is 25.5 Å². The Morgan fingerprint density at radius 1 is 0.686 bits per heavy atom. The van der Waals surface area contributed by atoms with Gasteiger partial charge in [-0.2, -0.15) is 0 Å². The molecule has 0 aliphatic carbocycles. The molecule has 0 aliphatic heterocycles. The molecule has 0 fully saturated rings. The van der Waals surface area contributed by atoms with E-state index in [9.17, 15) is 9.59 Å². The molecule has 2 amide bonds. The number of hydrogen-bond acceptors (Lipinski definition) is 14. The number of anilines is 3. The molecule has 3 N–H and O–H groups in total. The first-order valence-corrected chi connectivity index (χ1v) is 16.8. The Kier molecular flexibility index (Phi) is 10.8. The second-order valence-electron chi connectivity index (χ2n) is 10.4. The summed E-state index contributed by atoms with van der Waals surface area (Å²) in [6.45, 7) is -0.119. The van der Waals surface area contributed by atoms with Crippen LogP contribution < -0.4 is 34.9 Å². The molecule has 3 aromatic heterocycles. The van der Waals surface area contributed by atoms with Crippen LogP contribution in [0.4, 0.5) is 21.1 Å². The molecule has 4 aromatic carbocycles. The molecular formula is C35H31N7O7S2. The number of nitrogens with zero attached hydrogens (tertiary/aromatic N) is 4. The van der Waals surface area contributed by atoms with Crippen LogP contribution in [0.2, 0.25) is 0 Å². The first-order valence-electron chi connectivity index (χ1n) is 15.2. The second-order valence-corrected chi connectivity index (χ2v) is 12.4. The first kappa shape index (κ1) is 34.6. The first-order chi connectivity index (χ1) is 24.9. The summed E-state index contributed by atoms with van der Waals surface area (Å²) in [7, 11) is 6.37. The number of Topliss-reactive ketones (excluding diaryl/α,β-unsaturated/α-hetero) is 1. The van der Waals surface area contributed by atoms with E-state index in [4.69, 9.17) is 23.4 Å². The van der Waals surface area contributed by atoms with E-state index in [1.807, 2.05) is 54.6 Å². The third-order valence-electron chi connectivity index (χ3n) is 7.22. The summed E-state index contributed by atoms with van der Waals surface area (Å²) in [5.74, 6) is 3.02. The van der Waals surface area contributed by atoms with Crippen molar-refractivity contribution < 1.29 is 33.0 Å². The lowest BCUT2D eigenvalue weighted by Crippen LogP contribution is -2.33. The fourth-order valence-corrected chi connectivity index (χ4v) is 6.43. The largest absolute Gasteiger partial charge is 0.497 e. The van der Waals surface area contributed by atoms with E-state index in [-0.39, 0.29) is 18.3 Å². The number of amides is 2. The zero-order valence-corrected chi connectivity index (χ0v) is 29.4. The quantitative estimate of drug-likeness (QED) is 0.113. The van der Waals surface area contributed by atoms with Crippen molar-refractivity contribution in [1.29, 1.82) is 0 Å². The van der Waals surface area contributed by atoms with Crippen LogP contribution in [0.3, 0.4) is 0 Å². The normalized spacial score (nSPS) is 10.6. The highest BCUT2D eigenvalue weighted by molar-refractivity contribution is 7.22. The third-order valence-corrected chi connectivity index (χ3v) is 9.09. The van der Waals surface area contributed by atoms with Gasteiger partial charge in [0.25, 0.3) is 0 Å². The van der Waals surface area contributed by atoms with Crippen LogP contribution in [0.5, 0.6) is 23.0 Å². The van der Waals surface area contributed by atoms with E-state index in [1.165, 1.54) is 22.7 Å². The number of hydrogen-bond donors (Lipinski definition) is 3. The van der Waals surface area contributed by atoms with E-state index in [1.54, 1.807) is 58.8 Å². The molecule has 0 aliphatic rings. The Bertz CT molecular complexity index is 2270. The van der Waals surface area contributed by atoms with Gasteiger partial charge in [0.1, 0.15) is 34.0 Å². The van der Waals surface area contributed by atoms with Crippen molar-refractivity contribution in [2.24, 2.45) is 0 Å². The van der Waals surface area contributed by atoms with Gasteiger partial charge in [-0.05, 0) is 72.8 Å². The molecule has 0 saturated heterocycles. The number of para-hydroxylation sites is 2. The molecule has 0 unspecified atom stereocenters. The highest BCUT2D eigenvalue weighted by Gasteiger charge is 2.14. The maximum absolute atomic E-state index is 12.1. The fourth-order valence-electron chi connectivity index (χ4n) is 4.68. The van der Waals surface area contributed by atoms with Crippen LogP contribution in [0, 0.1) is 0 Å². The van der Waals surface area contributed by atoms with Gasteiger partial charge in [-0.15, -0.1) is 5.10 Å². The van der Waals surface area contributed by atoms with Crippen LogP contribution in [-0.2, 0) is 0 Å². The number of methoxy groups -OCH3 is 4. The highest BCUT2D eigenvalue weighted by Crippen LogP contribution is 2.34. The van der Waals surface area contributed by atoms with E-state index in [0.29, 0.717) is 38.7 Å². The van der Waals surface area contributed by atoms with Gasteiger partial charge in [0.05, 0.1) is 44.4 Å². The third kappa shape index (κ3) is 8.31. The zero-order valence-electron chi connectivity index (χ0n) is 27.8. The van der Waals surface area contributed by atoms with Gasteiger partial charge in [-0.25, -0.2) is 14.8 Å². The smallest absolute Gasteiger partial charge is 0.322 e. The Hall–Kier alpha value is -6.26. The average molecular weight is 726 g/mol. The van der Waals surface area contributed by atoms with Gasteiger partial charge < -0.3 is 28.7 Å². The predicted molar refractivity (Wildman–Crippen MR) is 196 cm³/mol. The number of rotatable bonds is 11. The summed E-state index contributed by atoms with van der Waals surface area (Å²) in [5.41, 5.74) is 2.79. The molecule has 7 rings (SSSR count). The predicted octanol–water partition coefficient (Wildman–Crippen LogP) is 7.43. The average Bonchev–Trinajstić information content (AvgIpc) is 3.92. The minimum absolute atomic E-state index is 0.119. The summed E-state index contributed by atoms with van der Waals surface area (Å²) in [4.78, 5) is 33.0. The minimum atomic E-state index is -0.495. The Morgan fingerprint density at radius 3 is 1.84 bits per heavy atom. The zero-order chi connectivity index (χ0) is 35.7. The van der Waals surface area contributed by atoms with Gasteiger partial charge >= 0.3 is 12.0 Å². The summed E-state index contributed by atoms with van der Waals surface area (Å²) in [6.07, 6.45) is 0. The van der Waals surface area contributed by atoms with Crippen molar-refractivity contribution in [2.45, 2.75) is 0 Å². The van der Waals surface area contributed by atoms with Crippen molar-refractivity contribution in [2.75, 3.05) is 45.6 Å². The van der Waals surface area contributed by atoms with E-state index in [2.05, 4.69) is 36.1 Å². The Morgan fingerprint density at radius 2 is 1.25 bits per heavy atom. The number of urea groups is 1. The molecule has 7 aromatic rings. The summed E-state index contributed by atoms with van der Waals surface area (Å²) >= 11 is 2.81. The molecular weight excluding hydrogens is 695 g/mol. The molecule has 51 heavy (non-hydrogen) atoms.